The van der Waals surface area contributed by atoms with E-state index in [9.17, 15) is 4.79 Å². The van der Waals surface area contributed by atoms with Crippen LogP contribution in [0.2, 0.25) is 0 Å². The molecule has 0 aliphatic heterocycles. The fourth-order valence-corrected chi connectivity index (χ4v) is 2.65. The summed E-state index contributed by atoms with van der Waals surface area (Å²) in [4.78, 5) is 14.2. The number of halogens is 1. The molecule has 24 heavy (non-hydrogen) atoms. The van der Waals surface area contributed by atoms with Crippen molar-refractivity contribution in [2.45, 2.75) is 26.4 Å². The molecule has 0 atom stereocenters. The number of hydrogen-bond donors (Lipinski definition) is 1. The van der Waals surface area contributed by atoms with Crippen molar-refractivity contribution in [3.63, 3.8) is 0 Å². The van der Waals surface area contributed by atoms with Gasteiger partial charge in [-0.3, -0.25) is 0 Å². The van der Waals surface area contributed by atoms with Gasteiger partial charge in [-0.15, -0.1) is 0 Å². The summed E-state index contributed by atoms with van der Waals surface area (Å²) < 4.78 is 6.57. The normalized spacial score (nSPS) is 10.5. The second-order valence-electron chi connectivity index (χ2n) is 5.72. The predicted molar refractivity (Wildman–Crippen MR) is 100 cm³/mol. The highest BCUT2D eigenvalue weighted by Crippen LogP contribution is 2.23. The summed E-state index contributed by atoms with van der Waals surface area (Å²) in [5, 5.41) is 2.92. The Kier molecular flexibility index (Phi) is 7.12. The zero-order valence-corrected chi connectivity index (χ0v) is 15.6. The second kappa shape index (κ2) is 9.33. The molecule has 1 N–H and O–H groups in total. The Hall–Kier alpha value is -2.01. The van der Waals surface area contributed by atoms with Crippen LogP contribution >= 0.6 is 15.9 Å². The van der Waals surface area contributed by atoms with Gasteiger partial charge in [0.15, 0.2) is 0 Å². The van der Waals surface area contributed by atoms with E-state index in [1.54, 1.807) is 0 Å². The summed E-state index contributed by atoms with van der Waals surface area (Å²) in [6.07, 6.45) is 0. The van der Waals surface area contributed by atoms with Gasteiger partial charge in [-0.25, -0.2) is 4.79 Å². The lowest BCUT2D eigenvalue weighted by molar-refractivity contribution is 0.177. The van der Waals surface area contributed by atoms with E-state index < -0.39 is 0 Å². The molecule has 0 bridgehead atoms. The molecular formula is C19H23BrN2O2. The van der Waals surface area contributed by atoms with Crippen LogP contribution in [0.15, 0.2) is 59.1 Å². The molecule has 4 nitrogen and oxygen atoms in total. The molecule has 0 saturated carbocycles. The molecule has 0 unspecified atom stereocenters. The first kappa shape index (κ1) is 18.3. The molecule has 128 valence electrons. The highest BCUT2D eigenvalue weighted by Gasteiger charge is 2.16. The maximum absolute atomic E-state index is 12.4. The Morgan fingerprint density at radius 2 is 1.79 bits per heavy atom. The minimum atomic E-state index is -0.0791. The average Bonchev–Trinajstić information content (AvgIpc) is 2.58. The van der Waals surface area contributed by atoms with Crippen molar-refractivity contribution in [3.8, 4) is 5.75 Å². The topological polar surface area (TPSA) is 41.6 Å². The third-order valence-electron chi connectivity index (χ3n) is 3.55. The molecule has 0 radical (unpaired) electrons. The molecular weight excluding hydrogens is 368 g/mol. The van der Waals surface area contributed by atoms with Crippen LogP contribution in [0, 0.1) is 0 Å². The van der Waals surface area contributed by atoms with Gasteiger partial charge in [0.05, 0.1) is 11.0 Å². The minimum absolute atomic E-state index is 0.0791. The molecule has 5 heteroatoms. The van der Waals surface area contributed by atoms with Gasteiger partial charge in [-0.1, -0.05) is 42.5 Å². The van der Waals surface area contributed by atoms with E-state index in [0.29, 0.717) is 19.7 Å². The van der Waals surface area contributed by atoms with Gasteiger partial charge in [0.1, 0.15) is 12.4 Å². The first-order valence-corrected chi connectivity index (χ1v) is 8.83. The maximum Gasteiger partial charge on any atom is 0.318 e. The van der Waals surface area contributed by atoms with Crippen molar-refractivity contribution < 1.29 is 9.53 Å². The van der Waals surface area contributed by atoms with Crippen molar-refractivity contribution >= 4 is 22.0 Å². The molecule has 2 aromatic carbocycles. The lowest BCUT2D eigenvalue weighted by Crippen LogP contribution is -2.44. The number of carbonyl (C=O) groups excluding carboxylic acids is 1. The Labute approximate surface area is 151 Å². The van der Waals surface area contributed by atoms with Crippen molar-refractivity contribution in [3.05, 3.63) is 64.6 Å². The standard InChI is InChI=1S/C19H23BrN2O2/c1-15(2)22(14-16-8-4-3-5-9-16)19(23)21-12-13-24-18-11-7-6-10-17(18)20/h3-11,15H,12-14H2,1-2H3,(H,21,23). The molecule has 0 fully saturated rings. The van der Waals surface area contributed by atoms with E-state index in [2.05, 4.69) is 21.2 Å². The van der Waals surface area contributed by atoms with Crippen LogP contribution in [0.3, 0.4) is 0 Å². The number of ether oxygens (including phenoxy) is 1. The Morgan fingerprint density at radius 1 is 1.12 bits per heavy atom. The Balaban J connectivity index is 1.81. The lowest BCUT2D eigenvalue weighted by atomic mass is 10.2. The van der Waals surface area contributed by atoms with Crippen LogP contribution in [0.25, 0.3) is 0 Å². The second-order valence-corrected chi connectivity index (χ2v) is 6.57. The van der Waals surface area contributed by atoms with Crippen molar-refractivity contribution in [1.82, 2.24) is 10.2 Å². The van der Waals surface area contributed by atoms with E-state index in [1.165, 1.54) is 0 Å². The molecule has 0 aromatic heterocycles. The maximum atomic E-state index is 12.4. The summed E-state index contributed by atoms with van der Waals surface area (Å²) in [5.41, 5.74) is 1.12. The van der Waals surface area contributed by atoms with E-state index in [1.807, 2.05) is 73.3 Å². The number of carbonyl (C=O) groups is 1. The van der Waals surface area contributed by atoms with Gasteiger partial charge in [-0.2, -0.15) is 0 Å². The highest BCUT2D eigenvalue weighted by molar-refractivity contribution is 9.10. The first-order chi connectivity index (χ1) is 11.6. The number of rotatable bonds is 7. The summed E-state index contributed by atoms with van der Waals surface area (Å²) in [5.74, 6) is 0.775. The molecule has 2 amide bonds. The first-order valence-electron chi connectivity index (χ1n) is 8.03. The SMILES string of the molecule is CC(C)N(Cc1ccccc1)C(=O)NCCOc1ccccc1Br. The predicted octanol–water partition coefficient (Wildman–Crippen LogP) is 4.45. The molecule has 2 aromatic rings. The fourth-order valence-electron chi connectivity index (χ4n) is 2.25. The highest BCUT2D eigenvalue weighted by atomic mass is 79.9. The van der Waals surface area contributed by atoms with Crippen LogP contribution < -0.4 is 10.1 Å². The summed E-state index contributed by atoms with van der Waals surface area (Å²) in [6, 6.07) is 17.7. The monoisotopic (exact) mass is 390 g/mol. The van der Waals surface area contributed by atoms with Crippen LogP contribution in [0.4, 0.5) is 4.79 Å². The molecule has 0 saturated heterocycles. The third-order valence-corrected chi connectivity index (χ3v) is 4.21. The Morgan fingerprint density at radius 3 is 2.46 bits per heavy atom. The van der Waals surface area contributed by atoms with Crippen LogP contribution in [-0.2, 0) is 6.54 Å². The van der Waals surface area contributed by atoms with E-state index >= 15 is 0 Å². The van der Waals surface area contributed by atoms with Crippen molar-refractivity contribution in [2.75, 3.05) is 13.2 Å². The van der Waals surface area contributed by atoms with E-state index in [0.717, 1.165) is 15.8 Å². The van der Waals surface area contributed by atoms with Crippen LogP contribution in [-0.4, -0.2) is 30.1 Å². The van der Waals surface area contributed by atoms with Gasteiger partial charge >= 0.3 is 6.03 Å². The molecule has 0 aliphatic carbocycles. The van der Waals surface area contributed by atoms with Gasteiger partial charge in [0, 0.05) is 12.6 Å². The molecule has 0 spiro atoms. The van der Waals surface area contributed by atoms with Crippen LogP contribution in [0.5, 0.6) is 5.75 Å². The number of benzene rings is 2. The molecule has 2 rings (SSSR count). The summed E-state index contributed by atoms with van der Waals surface area (Å²) in [7, 11) is 0. The lowest BCUT2D eigenvalue weighted by Gasteiger charge is -2.27. The number of amides is 2. The number of hydrogen-bond acceptors (Lipinski definition) is 2. The smallest absolute Gasteiger partial charge is 0.318 e. The van der Waals surface area contributed by atoms with Gasteiger partial charge in [-0.05, 0) is 47.5 Å². The fraction of sp³-hybridized carbons (Fsp3) is 0.316. The number of nitrogens with zero attached hydrogens (tertiary/aromatic N) is 1. The van der Waals surface area contributed by atoms with E-state index in [4.69, 9.17) is 4.74 Å². The zero-order valence-electron chi connectivity index (χ0n) is 14.0. The van der Waals surface area contributed by atoms with E-state index in [-0.39, 0.29) is 12.1 Å². The zero-order chi connectivity index (χ0) is 17.4. The Bertz CT molecular complexity index is 647. The molecule has 0 aliphatic rings. The van der Waals surface area contributed by atoms with Crippen molar-refractivity contribution in [2.24, 2.45) is 0 Å². The third kappa shape index (κ3) is 5.57. The quantitative estimate of drug-likeness (QED) is 0.709. The largest absolute Gasteiger partial charge is 0.491 e. The van der Waals surface area contributed by atoms with Gasteiger partial charge in [0.2, 0.25) is 0 Å². The summed E-state index contributed by atoms with van der Waals surface area (Å²) >= 11 is 3.44. The average molecular weight is 391 g/mol. The minimum Gasteiger partial charge on any atom is -0.491 e. The van der Waals surface area contributed by atoms with Gasteiger partial charge in [0.25, 0.3) is 0 Å². The van der Waals surface area contributed by atoms with Crippen molar-refractivity contribution in [1.29, 1.82) is 0 Å². The summed E-state index contributed by atoms with van der Waals surface area (Å²) in [6.45, 7) is 5.50. The number of nitrogens with one attached hydrogen (secondary N) is 1. The van der Waals surface area contributed by atoms with Crippen LogP contribution in [0.1, 0.15) is 19.4 Å². The molecule has 0 heterocycles. The number of para-hydroxylation sites is 1. The number of urea groups is 1. The van der Waals surface area contributed by atoms with Gasteiger partial charge < -0.3 is 15.0 Å².